The summed E-state index contributed by atoms with van der Waals surface area (Å²) in [5.74, 6) is 0. The van der Waals surface area contributed by atoms with Crippen LogP contribution in [0.1, 0.15) is 26.3 Å². The fraction of sp³-hybridized carbons (Fsp3) is 0.500. The Morgan fingerprint density at radius 2 is 1.83 bits per heavy atom. The van der Waals surface area contributed by atoms with Gasteiger partial charge < -0.3 is 5.11 Å². The second kappa shape index (κ2) is 5.85. The van der Waals surface area contributed by atoms with E-state index in [1.807, 2.05) is 12.1 Å². The van der Waals surface area contributed by atoms with E-state index in [4.69, 9.17) is 0 Å². The molecule has 18 heavy (non-hydrogen) atoms. The number of sulfonamides is 1. The van der Waals surface area contributed by atoms with E-state index in [1.165, 1.54) is 0 Å². The van der Waals surface area contributed by atoms with Crippen LogP contribution in [0, 0.1) is 3.57 Å². The van der Waals surface area contributed by atoms with Gasteiger partial charge in [-0.15, -0.1) is 0 Å². The maximum Gasteiger partial charge on any atom is 0.214 e. The average molecular weight is 383 g/mol. The molecule has 102 valence electrons. The first-order valence-electron chi connectivity index (χ1n) is 5.62. The molecule has 1 rings (SSSR count). The van der Waals surface area contributed by atoms with Crippen molar-refractivity contribution in [2.75, 3.05) is 6.54 Å². The molecule has 0 saturated carbocycles. The molecule has 2 N–H and O–H groups in total. The predicted molar refractivity (Wildman–Crippen MR) is 80.8 cm³/mol. The van der Waals surface area contributed by atoms with Crippen molar-refractivity contribution < 1.29 is 13.5 Å². The molecule has 6 heteroatoms. The summed E-state index contributed by atoms with van der Waals surface area (Å²) in [6.45, 7) is 4.76. The molecule has 0 heterocycles. The van der Waals surface area contributed by atoms with Crippen molar-refractivity contribution in [3.05, 3.63) is 33.4 Å². The van der Waals surface area contributed by atoms with Gasteiger partial charge in [-0.2, -0.15) is 0 Å². The summed E-state index contributed by atoms with van der Waals surface area (Å²) >= 11 is 2.17. The van der Waals surface area contributed by atoms with Gasteiger partial charge in [-0.05, 0) is 61.1 Å². The fourth-order valence-corrected chi connectivity index (χ4v) is 2.49. The third-order valence-electron chi connectivity index (χ3n) is 2.70. The molecule has 0 saturated heterocycles. The Hall–Kier alpha value is -0.180. The van der Waals surface area contributed by atoms with Gasteiger partial charge in [0.05, 0.1) is 5.25 Å². The summed E-state index contributed by atoms with van der Waals surface area (Å²) in [5, 5.41) is 9.78. The fourth-order valence-electron chi connectivity index (χ4n) is 1.32. The number of benzene rings is 1. The van der Waals surface area contributed by atoms with Crippen molar-refractivity contribution in [3.63, 3.8) is 0 Å². The predicted octanol–water partition coefficient (Wildman–Crippen LogP) is 1.83. The molecule has 0 aliphatic carbocycles. The van der Waals surface area contributed by atoms with Crippen LogP contribution in [0.5, 0.6) is 0 Å². The third kappa shape index (κ3) is 4.18. The number of aliphatic hydroxyl groups is 1. The topological polar surface area (TPSA) is 66.4 Å². The lowest BCUT2D eigenvalue weighted by Crippen LogP contribution is -2.41. The second-order valence-electron chi connectivity index (χ2n) is 4.70. The molecule has 1 aromatic rings. The standard InChI is InChI=1S/C12H18INO3S/c1-9(2)18(16,17)14-8-12(3,15)10-4-6-11(13)7-5-10/h4-7,9,14-15H,8H2,1-3H3. The highest BCUT2D eigenvalue weighted by Gasteiger charge is 2.26. The maximum atomic E-state index is 11.6. The number of nitrogens with one attached hydrogen (secondary N) is 1. The molecular formula is C12H18INO3S. The van der Waals surface area contributed by atoms with Gasteiger partial charge in [0.25, 0.3) is 0 Å². The minimum absolute atomic E-state index is 0.0336. The first-order valence-corrected chi connectivity index (χ1v) is 8.24. The van der Waals surface area contributed by atoms with E-state index in [1.54, 1.807) is 32.9 Å². The Balaban J connectivity index is 2.80. The van der Waals surface area contributed by atoms with E-state index in [2.05, 4.69) is 27.3 Å². The Morgan fingerprint density at radius 1 is 1.33 bits per heavy atom. The molecule has 0 aromatic heterocycles. The van der Waals surface area contributed by atoms with Crippen LogP contribution >= 0.6 is 22.6 Å². The van der Waals surface area contributed by atoms with Crippen molar-refractivity contribution in [1.29, 1.82) is 0 Å². The van der Waals surface area contributed by atoms with Crippen LogP contribution in [-0.4, -0.2) is 25.3 Å². The molecule has 1 unspecified atom stereocenters. The zero-order chi connectivity index (χ0) is 14.0. The average Bonchev–Trinajstić information content (AvgIpc) is 2.27. The quantitative estimate of drug-likeness (QED) is 0.763. The van der Waals surface area contributed by atoms with Crippen LogP contribution in [0.2, 0.25) is 0 Å². The summed E-state index contributed by atoms with van der Waals surface area (Å²) < 4.78 is 26.8. The zero-order valence-corrected chi connectivity index (χ0v) is 13.6. The molecule has 1 atom stereocenters. The highest BCUT2D eigenvalue weighted by Crippen LogP contribution is 2.21. The highest BCUT2D eigenvalue weighted by atomic mass is 127. The molecule has 4 nitrogen and oxygen atoms in total. The van der Waals surface area contributed by atoms with Gasteiger partial charge in [0.2, 0.25) is 10.0 Å². The smallest absolute Gasteiger partial charge is 0.214 e. The van der Waals surface area contributed by atoms with Gasteiger partial charge in [0, 0.05) is 10.1 Å². The summed E-state index contributed by atoms with van der Waals surface area (Å²) in [6.07, 6.45) is 0. The highest BCUT2D eigenvalue weighted by molar-refractivity contribution is 14.1. The Morgan fingerprint density at radius 3 is 2.28 bits per heavy atom. The van der Waals surface area contributed by atoms with Gasteiger partial charge in [0.1, 0.15) is 5.60 Å². The third-order valence-corrected chi connectivity index (χ3v) is 5.21. The minimum Gasteiger partial charge on any atom is -0.384 e. The summed E-state index contributed by atoms with van der Waals surface area (Å²) in [7, 11) is -3.36. The van der Waals surface area contributed by atoms with Crippen molar-refractivity contribution in [2.45, 2.75) is 31.6 Å². The SMILES string of the molecule is CC(C)S(=O)(=O)NCC(C)(O)c1ccc(I)cc1. The van der Waals surface area contributed by atoms with Crippen molar-refractivity contribution in [1.82, 2.24) is 4.72 Å². The van der Waals surface area contributed by atoms with Gasteiger partial charge in [-0.25, -0.2) is 13.1 Å². The summed E-state index contributed by atoms with van der Waals surface area (Å²) in [4.78, 5) is 0. The van der Waals surface area contributed by atoms with E-state index in [0.717, 1.165) is 3.57 Å². The number of halogens is 1. The first-order chi connectivity index (χ1) is 8.15. The van der Waals surface area contributed by atoms with Gasteiger partial charge >= 0.3 is 0 Å². The van der Waals surface area contributed by atoms with Crippen LogP contribution in [0.3, 0.4) is 0 Å². The van der Waals surface area contributed by atoms with Gasteiger partial charge in [-0.3, -0.25) is 0 Å². The lowest BCUT2D eigenvalue weighted by atomic mass is 9.97. The molecule has 0 aliphatic rings. The van der Waals surface area contributed by atoms with Crippen molar-refractivity contribution in [2.24, 2.45) is 0 Å². The van der Waals surface area contributed by atoms with E-state index >= 15 is 0 Å². The maximum absolute atomic E-state index is 11.6. The van der Waals surface area contributed by atoms with E-state index in [0.29, 0.717) is 5.56 Å². The van der Waals surface area contributed by atoms with Crippen LogP contribution < -0.4 is 4.72 Å². The second-order valence-corrected chi connectivity index (χ2v) is 8.26. The van der Waals surface area contributed by atoms with E-state index in [9.17, 15) is 13.5 Å². The van der Waals surface area contributed by atoms with Crippen molar-refractivity contribution in [3.8, 4) is 0 Å². The number of hydrogen-bond donors (Lipinski definition) is 2. The molecule has 0 bridgehead atoms. The largest absolute Gasteiger partial charge is 0.384 e. The van der Waals surface area contributed by atoms with Gasteiger partial charge in [0.15, 0.2) is 0 Å². The molecule has 0 radical (unpaired) electrons. The van der Waals surface area contributed by atoms with Crippen molar-refractivity contribution >= 4 is 32.6 Å². The summed E-state index contributed by atoms with van der Waals surface area (Å²) in [6, 6.07) is 7.35. The van der Waals surface area contributed by atoms with Crippen LogP contribution in [-0.2, 0) is 15.6 Å². The first kappa shape index (κ1) is 15.9. The minimum atomic E-state index is -3.36. The molecule has 0 spiro atoms. The molecule has 0 aliphatic heterocycles. The molecule has 1 aromatic carbocycles. The van der Waals surface area contributed by atoms with E-state index in [-0.39, 0.29) is 6.54 Å². The molecule has 0 amide bonds. The monoisotopic (exact) mass is 383 g/mol. The number of rotatable bonds is 5. The normalized spacial score (nSPS) is 15.7. The van der Waals surface area contributed by atoms with Gasteiger partial charge in [-0.1, -0.05) is 12.1 Å². The molecule has 0 fully saturated rings. The molecular weight excluding hydrogens is 365 g/mol. The van der Waals surface area contributed by atoms with Crippen LogP contribution in [0.15, 0.2) is 24.3 Å². The Bertz CT molecular complexity index is 495. The van der Waals surface area contributed by atoms with Crippen LogP contribution in [0.25, 0.3) is 0 Å². The lowest BCUT2D eigenvalue weighted by molar-refractivity contribution is 0.0627. The Kier molecular flexibility index (Phi) is 5.16. The Labute approximate surface area is 122 Å². The lowest BCUT2D eigenvalue weighted by Gasteiger charge is -2.24. The van der Waals surface area contributed by atoms with Crippen LogP contribution in [0.4, 0.5) is 0 Å². The number of hydrogen-bond acceptors (Lipinski definition) is 3. The zero-order valence-electron chi connectivity index (χ0n) is 10.6. The van der Waals surface area contributed by atoms with E-state index < -0.39 is 20.9 Å². The summed E-state index contributed by atoms with van der Waals surface area (Å²) in [5.41, 5.74) is -0.527.